The van der Waals surface area contributed by atoms with Gasteiger partial charge in [-0.1, -0.05) is 12.2 Å². The summed E-state index contributed by atoms with van der Waals surface area (Å²) in [6, 6.07) is 0. The molecule has 2 N–H and O–H groups in total. The van der Waals surface area contributed by atoms with E-state index in [0.717, 1.165) is 0 Å². The van der Waals surface area contributed by atoms with E-state index in [1.807, 2.05) is 0 Å². The van der Waals surface area contributed by atoms with Crippen LogP contribution in [0.5, 0.6) is 0 Å². The lowest BCUT2D eigenvalue weighted by Crippen LogP contribution is -2.31. The zero-order valence-electron chi connectivity index (χ0n) is 3.34. The smallest absolute Gasteiger partial charge is 0.225 e. The number of thiocarbonyl (C=S) groups is 1. The van der Waals surface area contributed by atoms with Crippen LogP contribution < -0.4 is 10.9 Å². The summed E-state index contributed by atoms with van der Waals surface area (Å²) in [6.45, 7) is 0. The van der Waals surface area contributed by atoms with Crippen LogP contribution in [0, 0.1) is 0 Å². The molecule has 0 spiro atoms. The monoisotopic (exact) mass is 136 g/mol. The fraction of sp³-hybridized carbons (Fsp3) is 0. The van der Waals surface area contributed by atoms with Crippen molar-refractivity contribution in [3.8, 4) is 0 Å². The molecule has 1 amide bonds. The summed E-state index contributed by atoms with van der Waals surface area (Å²) in [5.74, 6) is 0. The molecule has 0 heterocycles. The average molecular weight is 136 g/mol. The quantitative estimate of drug-likeness (QED) is 0.206. The fourth-order valence-electron chi connectivity index (χ4n) is 0.0912. The number of carbonyl (C=O) groups excluding carboxylic acids is 1. The van der Waals surface area contributed by atoms with Crippen LogP contribution in [-0.4, -0.2) is 10.7 Å². The first-order chi connectivity index (χ1) is 3.27. The number of nitrogens with one attached hydrogen (secondary N) is 2. The van der Waals surface area contributed by atoms with E-state index in [0.29, 0.717) is 6.41 Å². The highest BCUT2D eigenvalue weighted by atomic mass is 32.1. The molecule has 0 aromatic heterocycles. The van der Waals surface area contributed by atoms with Gasteiger partial charge in [0.15, 0.2) is 0 Å². The van der Waals surface area contributed by atoms with Crippen molar-refractivity contribution in [2.24, 2.45) is 0 Å². The van der Waals surface area contributed by atoms with E-state index in [1.165, 1.54) is 0 Å². The Morgan fingerprint density at radius 3 is 2.57 bits per heavy atom. The lowest BCUT2D eigenvalue weighted by Gasteiger charge is -1.94. The predicted molar refractivity (Wildman–Crippen MR) is 33.9 cm³/mol. The minimum absolute atomic E-state index is 0.243. The zero-order chi connectivity index (χ0) is 5.70. The molecule has 0 radical (unpaired) electrons. The van der Waals surface area contributed by atoms with E-state index in [2.05, 4.69) is 35.7 Å². The summed E-state index contributed by atoms with van der Waals surface area (Å²) in [5, 5.41) is 0. The Morgan fingerprint density at radius 2 is 2.43 bits per heavy atom. The van der Waals surface area contributed by atoms with Crippen molar-refractivity contribution in [1.29, 1.82) is 0 Å². The third kappa shape index (κ3) is 5.71. The summed E-state index contributed by atoms with van der Waals surface area (Å²) >= 11 is 8.02. The molecule has 0 rings (SSSR count). The summed E-state index contributed by atoms with van der Waals surface area (Å²) in [4.78, 5) is 9.44. The maximum atomic E-state index is 9.44. The highest BCUT2D eigenvalue weighted by Gasteiger charge is 1.76. The number of rotatable bonds is 2. The maximum Gasteiger partial charge on any atom is 0.225 e. The van der Waals surface area contributed by atoms with Gasteiger partial charge in [0.2, 0.25) is 6.41 Å². The van der Waals surface area contributed by atoms with E-state index in [1.54, 1.807) is 0 Å². The van der Waals surface area contributed by atoms with Crippen LogP contribution in [0.4, 0.5) is 0 Å². The molecule has 0 aromatic carbocycles. The van der Waals surface area contributed by atoms with E-state index in [4.69, 9.17) is 0 Å². The van der Waals surface area contributed by atoms with Gasteiger partial charge in [-0.25, -0.2) is 0 Å². The van der Waals surface area contributed by atoms with Gasteiger partial charge in [-0.05, 0) is 0 Å². The predicted octanol–water partition coefficient (Wildman–Crippen LogP) is -0.548. The SMILES string of the molecule is O=CNNC(=S)S. The van der Waals surface area contributed by atoms with Gasteiger partial charge in [0.25, 0.3) is 0 Å². The second-order valence-electron chi connectivity index (χ2n) is 0.692. The van der Waals surface area contributed by atoms with Crippen molar-refractivity contribution in [3.05, 3.63) is 0 Å². The summed E-state index contributed by atoms with van der Waals surface area (Å²) < 4.78 is 0.243. The first-order valence-electron chi connectivity index (χ1n) is 1.45. The molecule has 40 valence electrons. The standard InChI is InChI=1S/C2H4N2OS2/c5-1-3-4-2(6)7/h1H,(H,3,5)(H2,4,6,7). The number of hydrogen-bond acceptors (Lipinski definition) is 2. The normalized spacial score (nSPS) is 7.00. The highest BCUT2D eigenvalue weighted by Crippen LogP contribution is 1.70. The second-order valence-corrected chi connectivity index (χ2v) is 1.85. The Kier molecular flexibility index (Phi) is 3.72. The fourth-order valence-corrected chi connectivity index (χ4v) is 0.215. The van der Waals surface area contributed by atoms with Crippen molar-refractivity contribution < 1.29 is 4.79 Å². The molecule has 0 aromatic rings. The first kappa shape index (κ1) is 6.71. The topological polar surface area (TPSA) is 41.1 Å². The third-order valence-corrected chi connectivity index (χ3v) is 0.452. The van der Waals surface area contributed by atoms with Gasteiger partial charge in [-0.3, -0.25) is 15.6 Å². The van der Waals surface area contributed by atoms with Gasteiger partial charge < -0.3 is 0 Å². The molecule has 7 heavy (non-hydrogen) atoms. The first-order valence-corrected chi connectivity index (χ1v) is 2.31. The van der Waals surface area contributed by atoms with Crippen molar-refractivity contribution >= 4 is 35.6 Å². The minimum atomic E-state index is 0.243. The van der Waals surface area contributed by atoms with Crippen molar-refractivity contribution in [2.45, 2.75) is 0 Å². The van der Waals surface area contributed by atoms with E-state index in [-0.39, 0.29) is 4.32 Å². The Balaban J connectivity index is 2.97. The van der Waals surface area contributed by atoms with Gasteiger partial charge in [0.05, 0.1) is 0 Å². The third-order valence-electron chi connectivity index (χ3n) is 0.238. The zero-order valence-corrected chi connectivity index (χ0v) is 5.05. The van der Waals surface area contributed by atoms with E-state index < -0.39 is 0 Å². The number of hydrogen-bond donors (Lipinski definition) is 3. The molecule has 3 nitrogen and oxygen atoms in total. The van der Waals surface area contributed by atoms with Crippen LogP contribution >= 0.6 is 24.8 Å². The van der Waals surface area contributed by atoms with Crippen LogP contribution in [-0.2, 0) is 4.79 Å². The van der Waals surface area contributed by atoms with Crippen LogP contribution in [0.25, 0.3) is 0 Å². The molecule has 0 saturated carbocycles. The maximum absolute atomic E-state index is 9.44. The molecule has 0 unspecified atom stereocenters. The summed E-state index contributed by atoms with van der Waals surface area (Å²) in [5.41, 5.74) is 4.37. The number of hydrazine groups is 1. The summed E-state index contributed by atoms with van der Waals surface area (Å²) in [6.07, 6.45) is 0.475. The molecule has 0 saturated heterocycles. The van der Waals surface area contributed by atoms with E-state index >= 15 is 0 Å². The molecule has 0 atom stereocenters. The Morgan fingerprint density at radius 1 is 1.86 bits per heavy atom. The van der Waals surface area contributed by atoms with Crippen molar-refractivity contribution in [1.82, 2.24) is 10.9 Å². The average Bonchev–Trinajstić information content (AvgIpc) is 1.61. The molecule has 0 aliphatic heterocycles. The van der Waals surface area contributed by atoms with Gasteiger partial charge >= 0.3 is 0 Å². The molecular weight excluding hydrogens is 132 g/mol. The molecule has 0 aliphatic carbocycles. The van der Waals surface area contributed by atoms with Crippen molar-refractivity contribution in [3.63, 3.8) is 0 Å². The lowest BCUT2D eigenvalue weighted by atomic mass is 11.3. The molecule has 5 heteroatoms. The van der Waals surface area contributed by atoms with Gasteiger partial charge in [-0.2, -0.15) is 0 Å². The van der Waals surface area contributed by atoms with Crippen LogP contribution in [0.2, 0.25) is 0 Å². The lowest BCUT2D eigenvalue weighted by molar-refractivity contribution is -0.110. The van der Waals surface area contributed by atoms with Gasteiger partial charge in [0.1, 0.15) is 4.32 Å². The molecule has 0 bridgehead atoms. The number of carbonyl (C=O) groups is 1. The van der Waals surface area contributed by atoms with Crippen LogP contribution in [0.1, 0.15) is 0 Å². The van der Waals surface area contributed by atoms with Crippen LogP contribution in [0.15, 0.2) is 0 Å². The van der Waals surface area contributed by atoms with Gasteiger partial charge in [-0.15, -0.1) is 12.6 Å². The molecular formula is C2H4N2OS2. The van der Waals surface area contributed by atoms with E-state index in [9.17, 15) is 4.79 Å². The largest absolute Gasteiger partial charge is 0.283 e. The number of thiol groups is 1. The summed E-state index contributed by atoms with van der Waals surface area (Å²) in [7, 11) is 0. The second kappa shape index (κ2) is 3.89. The Hall–Kier alpha value is -0.290. The highest BCUT2D eigenvalue weighted by molar-refractivity contribution is 8.11. The van der Waals surface area contributed by atoms with Crippen LogP contribution in [0.3, 0.4) is 0 Å². The molecule has 0 aliphatic rings. The number of amides is 1. The molecule has 0 fully saturated rings. The Bertz CT molecular complexity index is 83.8. The van der Waals surface area contributed by atoms with Gasteiger partial charge in [0, 0.05) is 0 Å². The van der Waals surface area contributed by atoms with Crippen molar-refractivity contribution in [2.75, 3.05) is 0 Å². The Labute approximate surface area is 51.8 Å². The minimum Gasteiger partial charge on any atom is -0.283 e.